The van der Waals surface area contributed by atoms with Gasteiger partial charge >= 0.3 is 18.0 Å². The van der Waals surface area contributed by atoms with Crippen molar-refractivity contribution in [2.24, 2.45) is 0 Å². The van der Waals surface area contributed by atoms with Gasteiger partial charge in [0.25, 0.3) is 0 Å². The Bertz CT molecular complexity index is 1380. The second kappa shape index (κ2) is 9.59. The number of aromatic nitrogens is 2. The highest BCUT2D eigenvalue weighted by atomic mass is 79.9. The summed E-state index contributed by atoms with van der Waals surface area (Å²) >= 11 is 9.65. The number of carbonyl (C=O) groups is 1. The molecule has 0 spiro atoms. The zero-order valence-electron chi connectivity index (χ0n) is 19.7. The lowest BCUT2D eigenvalue weighted by atomic mass is 10.1. The summed E-state index contributed by atoms with van der Waals surface area (Å²) in [4.78, 5) is 33.2. The highest BCUT2D eigenvalue weighted by Gasteiger charge is 2.35. The van der Waals surface area contributed by atoms with Crippen molar-refractivity contribution >= 4 is 50.3 Å². The fourth-order valence-corrected chi connectivity index (χ4v) is 4.51. The normalized spacial score (nSPS) is 14.9. The van der Waals surface area contributed by atoms with Crippen LogP contribution in [0.5, 0.6) is 0 Å². The fraction of sp³-hybridized carbons (Fsp3) is 0.375. The quantitative estimate of drug-likeness (QED) is 0.375. The molecular weight excluding hydrogens is 565 g/mol. The van der Waals surface area contributed by atoms with Crippen LogP contribution in [0.3, 0.4) is 0 Å². The molecule has 36 heavy (non-hydrogen) atoms. The second-order valence-corrected chi connectivity index (χ2v) is 10.6. The number of nitrogens with zero attached hydrogens (tertiary/aromatic N) is 4. The number of benzene rings is 2. The molecule has 2 aromatic carbocycles. The van der Waals surface area contributed by atoms with E-state index in [4.69, 9.17) is 16.3 Å². The van der Waals surface area contributed by atoms with Crippen molar-refractivity contribution < 1.29 is 22.7 Å². The Balaban J connectivity index is 1.79. The van der Waals surface area contributed by atoms with Gasteiger partial charge < -0.3 is 14.5 Å². The van der Waals surface area contributed by atoms with E-state index in [1.807, 2.05) is 4.90 Å². The van der Waals surface area contributed by atoms with Crippen LogP contribution in [0.1, 0.15) is 26.3 Å². The van der Waals surface area contributed by atoms with Gasteiger partial charge in [-0.15, -0.1) is 0 Å². The fourth-order valence-electron chi connectivity index (χ4n) is 4.01. The lowest BCUT2D eigenvalue weighted by Gasteiger charge is -2.36. The molecule has 12 heteroatoms. The molecule has 0 aliphatic carbocycles. The Kier molecular flexibility index (Phi) is 7.00. The van der Waals surface area contributed by atoms with Crippen molar-refractivity contribution in [2.45, 2.75) is 32.5 Å². The van der Waals surface area contributed by atoms with Crippen molar-refractivity contribution in [2.75, 3.05) is 31.1 Å². The Morgan fingerprint density at radius 1 is 1.08 bits per heavy atom. The summed E-state index contributed by atoms with van der Waals surface area (Å²) in [6.45, 7) is 6.68. The number of hydrogen-bond acceptors (Lipinski definition) is 5. The highest BCUT2D eigenvalue weighted by molar-refractivity contribution is 9.10. The second-order valence-electron chi connectivity index (χ2n) is 9.31. The molecule has 1 amide bonds. The number of carbonyl (C=O) groups excluding carboxylic acids is 1. The number of rotatable bonds is 2. The van der Waals surface area contributed by atoms with Crippen molar-refractivity contribution in [1.29, 1.82) is 0 Å². The number of alkyl halides is 3. The molecule has 0 radical (unpaired) electrons. The molecule has 3 aromatic rings. The molecule has 1 saturated heterocycles. The van der Waals surface area contributed by atoms with E-state index in [0.717, 1.165) is 10.6 Å². The zero-order chi connectivity index (χ0) is 26.4. The van der Waals surface area contributed by atoms with Crippen LogP contribution in [0, 0.1) is 0 Å². The minimum absolute atomic E-state index is 0.215. The van der Waals surface area contributed by atoms with Crippen LogP contribution in [-0.2, 0) is 10.9 Å². The van der Waals surface area contributed by atoms with E-state index in [2.05, 4.69) is 20.9 Å². The summed E-state index contributed by atoms with van der Waals surface area (Å²) in [6, 6.07) is 7.91. The molecule has 0 bridgehead atoms. The maximum atomic E-state index is 13.8. The van der Waals surface area contributed by atoms with E-state index in [1.54, 1.807) is 31.7 Å². The molecule has 0 saturated carbocycles. The lowest BCUT2D eigenvalue weighted by Crippen LogP contribution is -2.50. The van der Waals surface area contributed by atoms with Gasteiger partial charge in [-0.1, -0.05) is 23.7 Å². The molecule has 4 rings (SSSR count). The summed E-state index contributed by atoms with van der Waals surface area (Å²) < 4.78 is 48.1. The van der Waals surface area contributed by atoms with E-state index in [1.165, 1.54) is 24.3 Å². The number of fused-ring (bicyclic) bond motifs is 1. The molecule has 2 heterocycles. The third-order valence-corrected chi connectivity index (χ3v) is 6.79. The summed E-state index contributed by atoms with van der Waals surface area (Å²) in [5, 5.41) is 0.720. The van der Waals surface area contributed by atoms with Gasteiger partial charge in [0, 0.05) is 36.0 Å². The van der Waals surface area contributed by atoms with Crippen LogP contribution >= 0.6 is 27.5 Å². The summed E-state index contributed by atoms with van der Waals surface area (Å²) in [6.07, 6.45) is -5.12. The van der Waals surface area contributed by atoms with Crippen LogP contribution in [0.4, 0.5) is 23.8 Å². The Labute approximate surface area is 218 Å². The molecule has 0 atom stereocenters. The minimum atomic E-state index is -4.68. The first-order valence-electron chi connectivity index (χ1n) is 11.1. The molecule has 1 aliphatic heterocycles. The van der Waals surface area contributed by atoms with E-state index in [-0.39, 0.29) is 17.0 Å². The lowest BCUT2D eigenvalue weighted by molar-refractivity contribution is -0.137. The van der Waals surface area contributed by atoms with Crippen LogP contribution in [-0.4, -0.2) is 52.3 Å². The Morgan fingerprint density at radius 2 is 1.72 bits per heavy atom. The molecular formula is C24H23BrClF3N4O3. The van der Waals surface area contributed by atoms with E-state index >= 15 is 0 Å². The maximum absolute atomic E-state index is 13.8. The molecule has 1 aromatic heterocycles. The Hall–Kier alpha value is -2.79. The van der Waals surface area contributed by atoms with Crippen molar-refractivity contribution in [3.63, 3.8) is 0 Å². The van der Waals surface area contributed by atoms with Gasteiger partial charge in [0.15, 0.2) is 0 Å². The first-order valence-corrected chi connectivity index (χ1v) is 12.2. The highest BCUT2D eigenvalue weighted by Crippen LogP contribution is 2.37. The van der Waals surface area contributed by atoms with Gasteiger partial charge in [-0.3, -0.25) is 4.57 Å². The van der Waals surface area contributed by atoms with Gasteiger partial charge in [0.2, 0.25) is 0 Å². The number of amides is 1. The van der Waals surface area contributed by atoms with Crippen molar-refractivity contribution in [3.8, 4) is 5.69 Å². The first-order chi connectivity index (χ1) is 16.8. The van der Waals surface area contributed by atoms with Crippen molar-refractivity contribution in [3.05, 3.63) is 61.9 Å². The maximum Gasteiger partial charge on any atom is 0.418 e. The van der Waals surface area contributed by atoms with Gasteiger partial charge in [-0.05, 0) is 61.0 Å². The standard InChI is InChI=1S/C24H23BrClF3N4O3/c1-23(2,3)36-22(35)32-10-8-31(9-11-32)20-14-12-17(26)16(25)13-19(14)33(21(34)30-20)18-7-5-4-6-15(18)24(27,28)29/h4-7,12-13H,8-11H2,1-3H3. The number of anilines is 1. The summed E-state index contributed by atoms with van der Waals surface area (Å²) in [5.74, 6) is 0.286. The predicted octanol–water partition coefficient (Wildman–Crippen LogP) is 5.88. The monoisotopic (exact) mass is 586 g/mol. The summed E-state index contributed by atoms with van der Waals surface area (Å²) in [5.41, 5.74) is -2.57. The third kappa shape index (κ3) is 5.31. The summed E-state index contributed by atoms with van der Waals surface area (Å²) in [7, 11) is 0. The smallest absolute Gasteiger partial charge is 0.418 e. The third-order valence-electron chi connectivity index (χ3n) is 5.59. The number of hydrogen-bond donors (Lipinski definition) is 0. The van der Waals surface area contributed by atoms with Crippen LogP contribution in [0.25, 0.3) is 16.6 Å². The van der Waals surface area contributed by atoms with Crippen molar-refractivity contribution in [1.82, 2.24) is 14.5 Å². The van der Waals surface area contributed by atoms with Gasteiger partial charge in [-0.2, -0.15) is 18.2 Å². The molecule has 192 valence electrons. The van der Waals surface area contributed by atoms with E-state index < -0.39 is 29.1 Å². The van der Waals surface area contributed by atoms with Gasteiger partial charge in [0.05, 0.1) is 21.8 Å². The molecule has 0 N–H and O–H groups in total. The molecule has 1 fully saturated rings. The van der Waals surface area contributed by atoms with E-state index in [9.17, 15) is 22.8 Å². The average Bonchev–Trinajstić information content (AvgIpc) is 2.78. The van der Waals surface area contributed by atoms with Gasteiger partial charge in [0.1, 0.15) is 11.4 Å². The average molecular weight is 588 g/mol. The van der Waals surface area contributed by atoms with Crippen LogP contribution in [0.15, 0.2) is 45.7 Å². The van der Waals surface area contributed by atoms with Crippen LogP contribution in [0.2, 0.25) is 5.02 Å². The number of piperazine rings is 1. The van der Waals surface area contributed by atoms with Crippen LogP contribution < -0.4 is 10.6 Å². The van der Waals surface area contributed by atoms with Gasteiger partial charge in [-0.25, -0.2) is 9.59 Å². The first kappa shape index (κ1) is 26.3. The van der Waals surface area contributed by atoms with E-state index in [0.29, 0.717) is 41.1 Å². The molecule has 7 nitrogen and oxygen atoms in total. The SMILES string of the molecule is CC(C)(C)OC(=O)N1CCN(c2nc(=O)n(-c3ccccc3C(F)(F)F)c3cc(Br)c(Cl)cc23)CC1. The number of halogens is 5. The molecule has 0 unspecified atom stereocenters. The number of ether oxygens (including phenoxy) is 1. The number of para-hydroxylation sites is 1. The predicted molar refractivity (Wildman–Crippen MR) is 135 cm³/mol. The molecule has 1 aliphatic rings. The zero-order valence-corrected chi connectivity index (χ0v) is 22.0. The largest absolute Gasteiger partial charge is 0.444 e. The topological polar surface area (TPSA) is 67.7 Å². The minimum Gasteiger partial charge on any atom is -0.444 e. The Morgan fingerprint density at radius 3 is 2.33 bits per heavy atom.